The SMILES string of the molecule is CCSc1cc(C(F)(F)F)ccc1-c1cc(C(=O)N=[N+]=[N-])ncn1. The number of aromatic nitrogens is 2. The molecule has 6 nitrogen and oxygen atoms in total. The Morgan fingerprint density at radius 1 is 1.33 bits per heavy atom. The molecule has 0 aliphatic carbocycles. The van der Waals surface area contributed by atoms with Crippen molar-refractivity contribution < 1.29 is 18.0 Å². The zero-order chi connectivity index (χ0) is 17.7. The van der Waals surface area contributed by atoms with E-state index in [1.54, 1.807) is 0 Å². The van der Waals surface area contributed by atoms with Crippen LogP contribution in [0.3, 0.4) is 0 Å². The molecule has 0 spiro atoms. The van der Waals surface area contributed by atoms with Crippen LogP contribution in [-0.2, 0) is 6.18 Å². The summed E-state index contributed by atoms with van der Waals surface area (Å²) in [5, 5.41) is 2.93. The van der Waals surface area contributed by atoms with Gasteiger partial charge in [-0.15, -0.1) is 11.8 Å². The third-order valence-corrected chi connectivity index (χ3v) is 3.84. The molecule has 0 saturated heterocycles. The quantitative estimate of drug-likeness (QED) is 0.344. The van der Waals surface area contributed by atoms with Crippen LogP contribution < -0.4 is 0 Å². The first kappa shape index (κ1) is 17.8. The lowest BCUT2D eigenvalue weighted by Crippen LogP contribution is -2.05. The fourth-order valence-corrected chi connectivity index (χ4v) is 2.75. The molecule has 0 radical (unpaired) electrons. The fourth-order valence-electron chi connectivity index (χ4n) is 1.90. The summed E-state index contributed by atoms with van der Waals surface area (Å²) in [4.78, 5) is 22.0. The fraction of sp³-hybridized carbons (Fsp3) is 0.214. The summed E-state index contributed by atoms with van der Waals surface area (Å²) >= 11 is 1.22. The van der Waals surface area contributed by atoms with Crippen molar-refractivity contribution in [2.75, 3.05) is 5.75 Å². The predicted octanol–water partition coefficient (Wildman–Crippen LogP) is 4.72. The number of amides is 1. The van der Waals surface area contributed by atoms with Crippen molar-refractivity contribution in [3.8, 4) is 11.3 Å². The standard InChI is InChI=1S/C14H10F3N5OS/c1-2-24-12-5-8(14(15,16)17)3-4-9(12)10-6-11(20-7-19-10)13(23)21-22-18/h3-7H,2H2,1H3. The van der Waals surface area contributed by atoms with E-state index in [2.05, 4.69) is 20.0 Å². The van der Waals surface area contributed by atoms with Crippen molar-refractivity contribution in [3.05, 3.63) is 52.3 Å². The Morgan fingerprint density at radius 2 is 2.08 bits per heavy atom. The van der Waals surface area contributed by atoms with Crippen LogP contribution in [-0.4, -0.2) is 21.6 Å². The molecule has 124 valence electrons. The molecule has 2 rings (SSSR count). The number of benzene rings is 1. The zero-order valence-corrected chi connectivity index (χ0v) is 13.1. The van der Waals surface area contributed by atoms with Gasteiger partial charge in [-0.05, 0) is 34.6 Å². The summed E-state index contributed by atoms with van der Waals surface area (Å²) in [6.45, 7) is 1.81. The number of carbonyl (C=O) groups excluding carboxylic acids is 1. The topological polar surface area (TPSA) is 91.6 Å². The van der Waals surface area contributed by atoms with Gasteiger partial charge >= 0.3 is 6.18 Å². The second-order valence-corrected chi connectivity index (χ2v) is 5.73. The molecule has 1 amide bonds. The molecule has 1 aromatic heterocycles. The lowest BCUT2D eigenvalue weighted by atomic mass is 10.1. The molecule has 0 atom stereocenters. The van der Waals surface area contributed by atoms with E-state index in [9.17, 15) is 18.0 Å². The van der Waals surface area contributed by atoms with Crippen LogP contribution in [0.25, 0.3) is 21.7 Å². The molecule has 0 N–H and O–H groups in total. The van der Waals surface area contributed by atoms with Gasteiger partial charge in [0.05, 0.1) is 11.3 Å². The molecule has 0 bridgehead atoms. The predicted molar refractivity (Wildman–Crippen MR) is 82.3 cm³/mol. The van der Waals surface area contributed by atoms with Crippen LogP contribution in [0.2, 0.25) is 0 Å². The average molecular weight is 353 g/mol. The maximum Gasteiger partial charge on any atom is 0.416 e. The van der Waals surface area contributed by atoms with Crippen LogP contribution in [0.1, 0.15) is 23.0 Å². The highest BCUT2D eigenvalue weighted by Gasteiger charge is 2.31. The monoisotopic (exact) mass is 353 g/mol. The molecule has 0 aliphatic rings. The Morgan fingerprint density at radius 3 is 2.71 bits per heavy atom. The third-order valence-electron chi connectivity index (χ3n) is 2.91. The molecule has 0 aliphatic heterocycles. The van der Waals surface area contributed by atoms with Crippen LogP contribution in [0.4, 0.5) is 13.2 Å². The Bertz CT molecular complexity index is 818. The molecule has 1 heterocycles. The second kappa shape index (κ2) is 7.33. The van der Waals surface area contributed by atoms with Crippen LogP contribution in [0, 0.1) is 0 Å². The highest BCUT2D eigenvalue weighted by Crippen LogP contribution is 2.37. The number of halogens is 3. The molecule has 1 aromatic carbocycles. The van der Waals surface area contributed by atoms with E-state index < -0.39 is 17.6 Å². The van der Waals surface area contributed by atoms with Gasteiger partial charge in [-0.2, -0.15) is 13.2 Å². The summed E-state index contributed by atoms with van der Waals surface area (Å²) in [6.07, 6.45) is -3.36. The Kier molecular flexibility index (Phi) is 5.42. The average Bonchev–Trinajstić information content (AvgIpc) is 2.54. The van der Waals surface area contributed by atoms with Crippen LogP contribution in [0.15, 0.2) is 40.6 Å². The van der Waals surface area contributed by atoms with Gasteiger partial charge in [0.25, 0.3) is 5.91 Å². The number of alkyl halides is 3. The number of carbonyl (C=O) groups is 1. The number of azide groups is 1. The van der Waals surface area contributed by atoms with Gasteiger partial charge < -0.3 is 0 Å². The third kappa shape index (κ3) is 4.03. The lowest BCUT2D eigenvalue weighted by Gasteiger charge is -2.12. The Balaban J connectivity index is 2.53. The van der Waals surface area contributed by atoms with Gasteiger partial charge in [0.2, 0.25) is 0 Å². The Labute approximate surface area is 138 Å². The molecule has 10 heteroatoms. The Hall–Kier alpha value is -2.58. The molecule has 0 fully saturated rings. The van der Waals surface area contributed by atoms with Crippen LogP contribution in [0.5, 0.6) is 0 Å². The minimum Gasteiger partial charge on any atom is -0.285 e. The van der Waals surface area contributed by atoms with E-state index in [1.807, 2.05) is 6.92 Å². The molecular formula is C14H10F3N5OS. The van der Waals surface area contributed by atoms with Crippen molar-refractivity contribution >= 4 is 17.7 Å². The second-order valence-electron chi connectivity index (χ2n) is 4.42. The smallest absolute Gasteiger partial charge is 0.285 e. The molecule has 24 heavy (non-hydrogen) atoms. The first-order valence-electron chi connectivity index (χ1n) is 6.62. The maximum atomic E-state index is 12.9. The van der Waals surface area contributed by atoms with E-state index in [-0.39, 0.29) is 11.4 Å². The first-order chi connectivity index (χ1) is 11.4. The molecule has 0 saturated carbocycles. The van der Waals surface area contributed by atoms with Gasteiger partial charge in [0.1, 0.15) is 12.0 Å². The summed E-state index contributed by atoms with van der Waals surface area (Å²) < 4.78 is 38.6. The minimum absolute atomic E-state index is 0.134. The van der Waals surface area contributed by atoms with E-state index in [0.29, 0.717) is 16.2 Å². The van der Waals surface area contributed by atoms with Gasteiger partial charge in [-0.3, -0.25) is 4.79 Å². The summed E-state index contributed by atoms with van der Waals surface area (Å²) in [6, 6.07) is 4.57. The number of hydrogen-bond acceptors (Lipinski definition) is 4. The summed E-state index contributed by atoms with van der Waals surface area (Å²) in [5.74, 6) is -0.332. The van der Waals surface area contributed by atoms with E-state index in [4.69, 9.17) is 5.53 Å². The van der Waals surface area contributed by atoms with Crippen molar-refractivity contribution in [2.24, 2.45) is 5.11 Å². The minimum atomic E-state index is -4.45. The van der Waals surface area contributed by atoms with Gasteiger partial charge in [-0.25, -0.2) is 9.97 Å². The van der Waals surface area contributed by atoms with Gasteiger partial charge in [0, 0.05) is 15.4 Å². The summed E-state index contributed by atoms with van der Waals surface area (Å²) in [7, 11) is 0. The van der Waals surface area contributed by atoms with E-state index >= 15 is 0 Å². The number of rotatable bonds is 4. The highest BCUT2D eigenvalue weighted by molar-refractivity contribution is 7.99. The van der Waals surface area contributed by atoms with Gasteiger partial charge in [0.15, 0.2) is 0 Å². The number of thioether (sulfide) groups is 1. The summed E-state index contributed by atoms with van der Waals surface area (Å²) in [5.41, 5.74) is 8.10. The largest absolute Gasteiger partial charge is 0.416 e. The molecule has 2 aromatic rings. The lowest BCUT2D eigenvalue weighted by molar-refractivity contribution is -0.137. The van der Waals surface area contributed by atoms with Crippen molar-refractivity contribution in [1.29, 1.82) is 0 Å². The number of hydrogen-bond donors (Lipinski definition) is 0. The molecule has 0 unspecified atom stereocenters. The zero-order valence-electron chi connectivity index (χ0n) is 12.3. The van der Waals surface area contributed by atoms with Crippen molar-refractivity contribution in [1.82, 2.24) is 9.97 Å². The van der Waals surface area contributed by atoms with E-state index in [0.717, 1.165) is 18.5 Å². The highest BCUT2D eigenvalue weighted by atomic mass is 32.2. The van der Waals surface area contributed by atoms with Crippen LogP contribution >= 0.6 is 11.8 Å². The number of nitrogens with zero attached hydrogens (tertiary/aromatic N) is 5. The van der Waals surface area contributed by atoms with Crippen molar-refractivity contribution in [2.45, 2.75) is 18.0 Å². The van der Waals surface area contributed by atoms with Crippen molar-refractivity contribution in [3.63, 3.8) is 0 Å². The molecular weight excluding hydrogens is 343 g/mol. The maximum absolute atomic E-state index is 12.9. The van der Waals surface area contributed by atoms with E-state index in [1.165, 1.54) is 23.9 Å². The first-order valence-corrected chi connectivity index (χ1v) is 7.61. The van der Waals surface area contributed by atoms with Gasteiger partial charge in [-0.1, -0.05) is 13.0 Å². The normalized spacial score (nSPS) is 11.0.